The summed E-state index contributed by atoms with van der Waals surface area (Å²) >= 11 is 1.27. The number of hydrogen-bond acceptors (Lipinski definition) is 4. The zero-order valence-electron chi connectivity index (χ0n) is 7.04. The maximum absolute atomic E-state index is 10.9. The van der Waals surface area contributed by atoms with Crippen LogP contribution in [0.15, 0.2) is 29.8 Å². The molecule has 0 radical (unpaired) electrons. The highest BCUT2D eigenvalue weighted by Gasteiger charge is 2.13. The molecule has 0 aliphatic rings. The summed E-state index contributed by atoms with van der Waals surface area (Å²) in [5, 5.41) is 10.7. The lowest BCUT2D eigenvalue weighted by Crippen LogP contribution is -2.00. The van der Waals surface area contributed by atoms with E-state index in [0.29, 0.717) is 11.4 Å². The molecule has 0 aliphatic carbocycles. The van der Waals surface area contributed by atoms with Crippen molar-refractivity contribution in [3.05, 3.63) is 35.3 Å². The summed E-state index contributed by atoms with van der Waals surface area (Å²) in [4.78, 5) is 14.9. The van der Waals surface area contributed by atoms with Gasteiger partial charge in [-0.3, -0.25) is 4.98 Å². The van der Waals surface area contributed by atoms with Gasteiger partial charge in [-0.2, -0.15) is 4.37 Å². The molecule has 5 heteroatoms. The molecule has 0 amide bonds. The van der Waals surface area contributed by atoms with Gasteiger partial charge in [-0.15, -0.1) is 0 Å². The van der Waals surface area contributed by atoms with Crippen LogP contribution >= 0.6 is 11.5 Å². The third kappa shape index (κ3) is 1.49. The Morgan fingerprint density at radius 3 is 2.93 bits per heavy atom. The number of hydrogen-bond donors (Lipinski definition) is 1. The van der Waals surface area contributed by atoms with Crippen LogP contribution in [0.2, 0.25) is 0 Å². The van der Waals surface area contributed by atoms with Gasteiger partial charge in [0.05, 0.1) is 5.56 Å². The van der Waals surface area contributed by atoms with Crippen LogP contribution in [-0.4, -0.2) is 20.4 Å². The predicted octanol–water partition coefficient (Wildman–Crippen LogP) is 1.90. The van der Waals surface area contributed by atoms with E-state index in [4.69, 9.17) is 5.11 Å². The monoisotopic (exact) mass is 206 g/mol. The van der Waals surface area contributed by atoms with Crippen molar-refractivity contribution in [2.75, 3.05) is 0 Å². The Hall–Kier alpha value is -1.75. The number of pyridine rings is 1. The van der Waals surface area contributed by atoms with E-state index in [1.165, 1.54) is 17.6 Å². The lowest BCUT2D eigenvalue weighted by Gasteiger charge is -1.99. The second-order valence-electron chi connectivity index (χ2n) is 2.59. The molecule has 0 fully saturated rings. The van der Waals surface area contributed by atoms with Crippen LogP contribution in [0.4, 0.5) is 0 Å². The molecule has 14 heavy (non-hydrogen) atoms. The van der Waals surface area contributed by atoms with E-state index < -0.39 is 5.97 Å². The SMILES string of the molecule is O=C(O)c1cccnc1-c1ccsn1. The quantitative estimate of drug-likeness (QED) is 0.815. The Kier molecular flexibility index (Phi) is 2.24. The number of carboxylic acid groups (broad SMARTS) is 1. The van der Waals surface area contributed by atoms with Gasteiger partial charge in [0.1, 0.15) is 11.4 Å². The van der Waals surface area contributed by atoms with E-state index in [9.17, 15) is 4.79 Å². The van der Waals surface area contributed by atoms with Crippen LogP contribution in [0.5, 0.6) is 0 Å². The van der Waals surface area contributed by atoms with Crippen molar-refractivity contribution in [2.24, 2.45) is 0 Å². The van der Waals surface area contributed by atoms with Crippen molar-refractivity contribution in [2.45, 2.75) is 0 Å². The summed E-state index contributed by atoms with van der Waals surface area (Å²) in [5.74, 6) is -0.985. The Balaban J connectivity index is 2.58. The van der Waals surface area contributed by atoms with E-state index in [1.54, 1.807) is 23.7 Å². The molecule has 0 atom stereocenters. The highest BCUT2D eigenvalue weighted by molar-refractivity contribution is 7.03. The van der Waals surface area contributed by atoms with Crippen LogP contribution in [0.25, 0.3) is 11.4 Å². The van der Waals surface area contributed by atoms with Crippen molar-refractivity contribution in [3.63, 3.8) is 0 Å². The molecule has 2 aromatic rings. The lowest BCUT2D eigenvalue weighted by atomic mass is 10.1. The van der Waals surface area contributed by atoms with Gasteiger partial charge in [0.2, 0.25) is 0 Å². The third-order valence-electron chi connectivity index (χ3n) is 1.72. The minimum absolute atomic E-state index is 0.179. The number of carbonyl (C=O) groups is 1. The molecular weight excluding hydrogens is 200 g/mol. The summed E-state index contributed by atoms with van der Waals surface area (Å²) in [6.07, 6.45) is 1.56. The van der Waals surface area contributed by atoms with E-state index in [1.807, 2.05) is 0 Å². The van der Waals surface area contributed by atoms with Gasteiger partial charge in [0.15, 0.2) is 0 Å². The van der Waals surface area contributed by atoms with Crippen LogP contribution < -0.4 is 0 Å². The van der Waals surface area contributed by atoms with E-state index in [0.717, 1.165) is 0 Å². The summed E-state index contributed by atoms with van der Waals surface area (Å²) in [6.45, 7) is 0. The average Bonchev–Trinajstić information content (AvgIpc) is 2.70. The van der Waals surface area contributed by atoms with E-state index in [-0.39, 0.29) is 5.56 Å². The van der Waals surface area contributed by atoms with Gasteiger partial charge >= 0.3 is 5.97 Å². The molecular formula is C9H6N2O2S. The van der Waals surface area contributed by atoms with Gasteiger partial charge in [-0.25, -0.2) is 4.79 Å². The first-order valence-electron chi connectivity index (χ1n) is 3.88. The molecule has 0 spiro atoms. The van der Waals surface area contributed by atoms with Crippen molar-refractivity contribution < 1.29 is 9.90 Å². The summed E-state index contributed by atoms with van der Waals surface area (Å²) < 4.78 is 4.05. The Morgan fingerprint density at radius 1 is 1.43 bits per heavy atom. The molecule has 0 aliphatic heterocycles. The molecule has 0 saturated carbocycles. The van der Waals surface area contributed by atoms with Gasteiger partial charge in [0, 0.05) is 11.6 Å². The molecule has 4 nitrogen and oxygen atoms in total. The normalized spacial score (nSPS) is 10.0. The van der Waals surface area contributed by atoms with Crippen LogP contribution in [-0.2, 0) is 0 Å². The fourth-order valence-electron chi connectivity index (χ4n) is 1.12. The van der Waals surface area contributed by atoms with Gasteiger partial charge in [-0.05, 0) is 29.7 Å². The first-order chi connectivity index (χ1) is 6.79. The van der Waals surface area contributed by atoms with Crippen LogP contribution in [0.1, 0.15) is 10.4 Å². The highest BCUT2D eigenvalue weighted by atomic mass is 32.1. The van der Waals surface area contributed by atoms with Crippen LogP contribution in [0, 0.1) is 0 Å². The number of aromatic carboxylic acids is 1. The van der Waals surface area contributed by atoms with Gasteiger partial charge in [0.25, 0.3) is 0 Å². The number of aromatic nitrogens is 2. The maximum Gasteiger partial charge on any atom is 0.337 e. The molecule has 2 rings (SSSR count). The Morgan fingerprint density at radius 2 is 2.29 bits per heavy atom. The molecule has 0 saturated heterocycles. The van der Waals surface area contributed by atoms with Crippen molar-refractivity contribution in [3.8, 4) is 11.4 Å². The highest BCUT2D eigenvalue weighted by Crippen LogP contribution is 2.20. The van der Waals surface area contributed by atoms with E-state index >= 15 is 0 Å². The minimum atomic E-state index is -0.985. The topological polar surface area (TPSA) is 63.1 Å². The maximum atomic E-state index is 10.9. The smallest absolute Gasteiger partial charge is 0.337 e. The average molecular weight is 206 g/mol. The third-order valence-corrected chi connectivity index (χ3v) is 2.28. The molecule has 0 aromatic carbocycles. The number of rotatable bonds is 2. The Labute approximate surface area is 84.0 Å². The van der Waals surface area contributed by atoms with Gasteiger partial charge < -0.3 is 5.11 Å². The van der Waals surface area contributed by atoms with Gasteiger partial charge in [-0.1, -0.05) is 0 Å². The number of carboxylic acids is 1. The fourth-order valence-corrected chi connectivity index (χ4v) is 1.63. The molecule has 0 unspecified atom stereocenters. The zero-order chi connectivity index (χ0) is 9.97. The van der Waals surface area contributed by atoms with Crippen molar-refractivity contribution in [1.29, 1.82) is 0 Å². The zero-order valence-corrected chi connectivity index (χ0v) is 7.86. The predicted molar refractivity (Wildman–Crippen MR) is 52.3 cm³/mol. The Bertz CT molecular complexity index is 454. The van der Waals surface area contributed by atoms with Crippen molar-refractivity contribution >= 4 is 17.5 Å². The first kappa shape index (κ1) is 8.83. The summed E-state index contributed by atoms with van der Waals surface area (Å²) in [5.41, 5.74) is 1.20. The molecule has 0 bridgehead atoms. The summed E-state index contributed by atoms with van der Waals surface area (Å²) in [6, 6.07) is 4.86. The second-order valence-corrected chi connectivity index (χ2v) is 3.25. The number of nitrogens with zero attached hydrogens (tertiary/aromatic N) is 2. The summed E-state index contributed by atoms with van der Waals surface area (Å²) in [7, 11) is 0. The minimum Gasteiger partial charge on any atom is -0.478 e. The molecule has 70 valence electrons. The lowest BCUT2D eigenvalue weighted by molar-refractivity contribution is 0.0697. The molecule has 1 N–H and O–H groups in total. The molecule has 2 aromatic heterocycles. The second kappa shape index (κ2) is 3.55. The van der Waals surface area contributed by atoms with Crippen molar-refractivity contribution in [1.82, 2.24) is 9.36 Å². The van der Waals surface area contributed by atoms with E-state index in [2.05, 4.69) is 9.36 Å². The fraction of sp³-hybridized carbons (Fsp3) is 0. The van der Waals surface area contributed by atoms with Crippen LogP contribution in [0.3, 0.4) is 0 Å². The standard InChI is InChI=1S/C9H6N2O2S/c12-9(13)6-2-1-4-10-8(6)7-3-5-14-11-7/h1-5H,(H,12,13). The largest absolute Gasteiger partial charge is 0.478 e. The first-order valence-corrected chi connectivity index (χ1v) is 4.72. The molecule has 2 heterocycles.